The summed E-state index contributed by atoms with van der Waals surface area (Å²) in [5.41, 5.74) is 0. The summed E-state index contributed by atoms with van der Waals surface area (Å²) in [6.45, 7) is 2.11. The van der Waals surface area contributed by atoms with Gasteiger partial charge in [0.05, 0.1) is 0 Å². The Morgan fingerprint density at radius 1 is 1.62 bits per heavy atom. The van der Waals surface area contributed by atoms with Crippen molar-refractivity contribution in [2.24, 2.45) is 0 Å². The van der Waals surface area contributed by atoms with Gasteiger partial charge in [0.1, 0.15) is 5.83 Å². The smallest absolute Gasteiger partial charge is 0.110 e. The van der Waals surface area contributed by atoms with Gasteiger partial charge in [0.2, 0.25) is 0 Å². The lowest BCUT2D eigenvalue weighted by Crippen LogP contribution is -2.12. The van der Waals surface area contributed by atoms with Gasteiger partial charge in [-0.15, -0.1) is 0 Å². The van der Waals surface area contributed by atoms with Crippen molar-refractivity contribution in [2.45, 2.75) is 6.92 Å². The monoisotopic (exact) mass is 117 g/mol. The first-order chi connectivity index (χ1) is 3.66. The van der Waals surface area contributed by atoms with Crippen LogP contribution >= 0.6 is 0 Å². The second-order valence-electron chi connectivity index (χ2n) is 1.97. The van der Waals surface area contributed by atoms with E-state index in [0.717, 1.165) is 0 Å². The van der Waals surface area contributed by atoms with Crippen molar-refractivity contribution >= 4 is 0 Å². The minimum absolute atomic E-state index is 0.0741. The zero-order chi connectivity index (χ0) is 6.57. The van der Waals surface area contributed by atoms with E-state index in [0.29, 0.717) is 6.54 Å². The molecule has 0 aliphatic rings. The Labute approximate surface area is 49.8 Å². The van der Waals surface area contributed by atoms with Crippen molar-refractivity contribution in [1.29, 1.82) is 0 Å². The van der Waals surface area contributed by atoms with Gasteiger partial charge in [0, 0.05) is 6.54 Å². The van der Waals surface area contributed by atoms with Gasteiger partial charge in [-0.1, -0.05) is 6.08 Å². The van der Waals surface area contributed by atoms with Gasteiger partial charge >= 0.3 is 0 Å². The van der Waals surface area contributed by atoms with Gasteiger partial charge in [0.15, 0.2) is 0 Å². The predicted molar refractivity (Wildman–Crippen MR) is 33.4 cm³/mol. The van der Waals surface area contributed by atoms with Crippen LogP contribution in [0, 0.1) is 0 Å². The first-order valence-electron chi connectivity index (χ1n) is 2.62. The number of rotatable bonds is 2. The van der Waals surface area contributed by atoms with Crippen LogP contribution < -0.4 is 0 Å². The Hall–Kier alpha value is -0.370. The van der Waals surface area contributed by atoms with Crippen LogP contribution in [-0.2, 0) is 0 Å². The summed E-state index contributed by atoms with van der Waals surface area (Å²) in [5.74, 6) is -0.0741. The fourth-order valence-electron chi connectivity index (χ4n) is 0.393. The SMILES string of the molecule is C/C=C(/F)CN(C)C. The number of allylic oxidation sites excluding steroid dienone is 1. The van der Waals surface area contributed by atoms with E-state index in [-0.39, 0.29) is 5.83 Å². The summed E-state index contributed by atoms with van der Waals surface area (Å²) in [7, 11) is 3.67. The Balaban J connectivity index is 3.39. The Kier molecular flexibility index (Phi) is 3.44. The highest BCUT2D eigenvalue weighted by Crippen LogP contribution is 1.94. The van der Waals surface area contributed by atoms with E-state index in [9.17, 15) is 4.39 Å². The van der Waals surface area contributed by atoms with E-state index in [4.69, 9.17) is 0 Å². The van der Waals surface area contributed by atoms with Crippen LogP contribution in [0.4, 0.5) is 4.39 Å². The van der Waals surface area contributed by atoms with Crippen LogP contribution in [0.5, 0.6) is 0 Å². The van der Waals surface area contributed by atoms with Crippen molar-refractivity contribution in [2.75, 3.05) is 20.6 Å². The maximum Gasteiger partial charge on any atom is 0.110 e. The Bertz CT molecular complexity index is 86.5. The molecular formula is C6H12FN. The summed E-state index contributed by atoms with van der Waals surface area (Å²) in [6.07, 6.45) is 1.47. The van der Waals surface area contributed by atoms with Crippen molar-refractivity contribution < 1.29 is 4.39 Å². The molecule has 0 amide bonds. The molecule has 0 aromatic rings. The minimum Gasteiger partial charge on any atom is -0.303 e. The second kappa shape index (κ2) is 3.61. The summed E-state index contributed by atoms with van der Waals surface area (Å²) in [5, 5.41) is 0. The topological polar surface area (TPSA) is 3.24 Å². The van der Waals surface area contributed by atoms with Crippen LogP contribution in [0.1, 0.15) is 6.92 Å². The van der Waals surface area contributed by atoms with Crippen molar-refractivity contribution in [1.82, 2.24) is 4.90 Å². The van der Waals surface area contributed by atoms with Gasteiger partial charge < -0.3 is 4.90 Å². The zero-order valence-corrected chi connectivity index (χ0v) is 5.61. The molecule has 0 atom stereocenters. The van der Waals surface area contributed by atoms with Crippen molar-refractivity contribution in [3.8, 4) is 0 Å². The van der Waals surface area contributed by atoms with Gasteiger partial charge in [0.25, 0.3) is 0 Å². The van der Waals surface area contributed by atoms with Gasteiger partial charge in [-0.05, 0) is 21.0 Å². The third kappa shape index (κ3) is 3.81. The third-order valence-electron chi connectivity index (χ3n) is 0.781. The molecule has 0 aliphatic carbocycles. The molecule has 8 heavy (non-hydrogen) atoms. The molecule has 0 rings (SSSR count). The molecule has 1 nitrogen and oxygen atoms in total. The van der Waals surface area contributed by atoms with E-state index in [1.165, 1.54) is 6.08 Å². The van der Waals surface area contributed by atoms with Crippen molar-refractivity contribution in [3.05, 3.63) is 11.9 Å². The fourth-order valence-corrected chi connectivity index (χ4v) is 0.393. The maximum atomic E-state index is 12.2. The second-order valence-corrected chi connectivity index (χ2v) is 1.97. The van der Waals surface area contributed by atoms with Gasteiger partial charge in [-0.3, -0.25) is 0 Å². The maximum absolute atomic E-state index is 12.2. The molecule has 0 bridgehead atoms. The summed E-state index contributed by atoms with van der Waals surface area (Å²) in [6, 6.07) is 0. The molecular weight excluding hydrogens is 105 g/mol. The molecule has 0 N–H and O–H groups in total. The average molecular weight is 117 g/mol. The predicted octanol–water partition coefficient (Wildman–Crippen LogP) is 1.42. The molecule has 0 spiro atoms. The van der Waals surface area contributed by atoms with Crippen LogP contribution in [0.25, 0.3) is 0 Å². The number of nitrogens with zero attached hydrogens (tertiary/aromatic N) is 1. The van der Waals surface area contributed by atoms with Crippen LogP contribution in [0.2, 0.25) is 0 Å². The molecule has 0 saturated heterocycles. The number of hydrogen-bond acceptors (Lipinski definition) is 1. The summed E-state index contributed by atoms with van der Waals surface area (Å²) < 4.78 is 12.2. The minimum atomic E-state index is -0.0741. The normalized spacial score (nSPS) is 12.9. The molecule has 0 fully saturated rings. The molecule has 0 saturated carbocycles. The quantitative estimate of drug-likeness (QED) is 0.528. The lowest BCUT2D eigenvalue weighted by Gasteiger charge is -2.05. The highest BCUT2D eigenvalue weighted by molar-refractivity contribution is 4.90. The zero-order valence-electron chi connectivity index (χ0n) is 5.61. The average Bonchev–Trinajstić information content (AvgIpc) is 1.65. The van der Waals surface area contributed by atoms with Crippen molar-refractivity contribution in [3.63, 3.8) is 0 Å². The van der Waals surface area contributed by atoms with Gasteiger partial charge in [-0.25, -0.2) is 4.39 Å². The lowest BCUT2D eigenvalue weighted by molar-refractivity contribution is 0.400. The van der Waals surface area contributed by atoms with E-state index in [1.807, 2.05) is 14.1 Å². The first-order valence-corrected chi connectivity index (χ1v) is 2.62. The molecule has 0 aromatic carbocycles. The Morgan fingerprint density at radius 2 is 2.12 bits per heavy atom. The molecule has 0 radical (unpaired) electrons. The van der Waals surface area contributed by atoms with E-state index in [1.54, 1.807) is 11.8 Å². The molecule has 2 heteroatoms. The van der Waals surface area contributed by atoms with E-state index in [2.05, 4.69) is 0 Å². The van der Waals surface area contributed by atoms with Crippen LogP contribution in [-0.4, -0.2) is 25.5 Å². The molecule has 48 valence electrons. The van der Waals surface area contributed by atoms with Gasteiger partial charge in [-0.2, -0.15) is 0 Å². The number of halogens is 1. The fraction of sp³-hybridized carbons (Fsp3) is 0.667. The third-order valence-corrected chi connectivity index (χ3v) is 0.781. The largest absolute Gasteiger partial charge is 0.303 e. The number of likely N-dealkylation sites (N-methyl/N-ethyl adjacent to an activating group) is 1. The number of hydrogen-bond donors (Lipinski definition) is 0. The van der Waals surface area contributed by atoms with Crippen LogP contribution in [0.3, 0.4) is 0 Å². The van der Waals surface area contributed by atoms with Crippen LogP contribution in [0.15, 0.2) is 11.9 Å². The molecule has 0 unspecified atom stereocenters. The highest BCUT2D eigenvalue weighted by Gasteiger charge is 1.92. The standard InChI is InChI=1S/C6H12FN/c1-4-6(7)5-8(2)3/h4H,5H2,1-3H3/b6-4+. The summed E-state index contributed by atoms with van der Waals surface area (Å²) >= 11 is 0. The van der Waals surface area contributed by atoms with E-state index >= 15 is 0 Å². The molecule has 0 heterocycles. The van der Waals surface area contributed by atoms with E-state index < -0.39 is 0 Å². The lowest BCUT2D eigenvalue weighted by atomic mass is 10.5. The molecule has 0 aromatic heterocycles. The first kappa shape index (κ1) is 7.63. The Morgan fingerprint density at radius 3 is 2.25 bits per heavy atom. The highest BCUT2D eigenvalue weighted by atomic mass is 19.1. The molecule has 0 aliphatic heterocycles. The summed E-state index contributed by atoms with van der Waals surface area (Å²) in [4.78, 5) is 1.79.